The van der Waals surface area contributed by atoms with Crippen molar-refractivity contribution in [2.45, 2.75) is 41.5 Å². The topological polar surface area (TPSA) is 224 Å². The van der Waals surface area contributed by atoms with E-state index in [4.69, 9.17) is 30.6 Å². The van der Waals surface area contributed by atoms with Crippen LogP contribution in [-0.4, -0.2) is 66.5 Å². The van der Waals surface area contributed by atoms with Crippen LogP contribution in [0.2, 0.25) is 0 Å². The van der Waals surface area contributed by atoms with E-state index in [0.29, 0.717) is 0 Å². The van der Waals surface area contributed by atoms with Crippen molar-refractivity contribution >= 4 is 35.8 Å². The van der Waals surface area contributed by atoms with E-state index in [1.165, 1.54) is 41.5 Å². The molecule has 0 aromatic carbocycles. The van der Waals surface area contributed by atoms with Crippen LogP contribution in [0, 0.1) is 0 Å². The highest BCUT2D eigenvalue weighted by atomic mass is 16.4. The Kier molecular flexibility index (Phi) is 33.0. The highest BCUT2D eigenvalue weighted by molar-refractivity contribution is 5.86. The third kappa shape index (κ3) is 63.0. The van der Waals surface area contributed by atoms with Crippen molar-refractivity contribution < 1.29 is 60.8 Å². The van der Waals surface area contributed by atoms with E-state index < -0.39 is 35.8 Å². The van der Waals surface area contributed by atoms with E-state index in [0.717, 1.165) is 0 Å². The molecule has 0 saturated carbocycles. The second-order valence-corrected chi connectivity index (χ2v) is 6.51. The van der Waals surface area contributed by atoms with Gasteiger partial charge in [-0.05, 0) is 41.5 Å². The molecule has 0 rings (SSSR count). The summed E-state index contributed by atoms with van der Waals surface area (Å²) in [5, 5.41) is 47.3. The van der Waals surface area contributed by atoms with Gasteiger partial charge in [0.25, 0.3) is 0 Å². The number of aliphatic carboxylic acids is 6. The number of hydrogen-bond acceptors (Lipinski definition) is 6. The van der Waals surface area contributed by atoms with Gasteiger partial charge in [-0.2, -0.15) is 0 Å². The van der Waals surface area contributed by atoms with E-state index in [2.05, 4.69) is 39.5 Å². The summed E-state index contributed by atoms with van der Waals surface area (Å²) in [6.07, 6.45) is 0. The lowest BCUT2D eigenvalue weighted by Crippen LogP contribution is -1.92. The van der Waals surface area contributed by atoms with Crippen LogP contribution in [0.25, 0.3) is 0 Å². The summed E-state index contributed by atoms with van der Waals surface area (Å²) in [6, 6.07) is 0. The zero-order valence-corrected chi connectivity index (χ0v) is 21.4. The van der Waals surface area contributed by atoms with Crippen molar-refractivity contribution in [3.8, 4) is 0 Å². The lowest BCUT2D eigenvalue weighted by atomic mass is 10.4. The maximum atomic E-state index is 9.60. The van der Waals surface area contributed by atoms with Crippen molar-refractivity contribution in [2.75, 3.05) is 0 Å². The van der Waals surface area contributed by atoms with Gasteiger partial charge in [0.05, 0.1) is 0 Å². The molecule has 0 radical (unpaired) electrons. The minimum absolute atomic E-state index is 0. The predicted molar refractivity (Wildman–Crippen MR) is 136 cm³/mol. The molecule has 0 atom stereocenters. The van der Waals surface area contributed by atoms with Crippen LogP contribution in [0.15, 0.2) is 72.9 Å². The first-order chi connectivity index (χ1) is 15.9. The standard InChI is InChI=1S/6C4H6O2/c6*1-3(2)4(5)6/h6*1H2,2H3,(H,5,6)/p+1. The number of carbonyl (C=O) groups is 6. The maximum Gasteiger partial charge on any atom is 1.00 e. The minimum Gasteiger partial charge on any atom is -0.478 e. The Morgan fingerprint density at radius 2 is 0.361 bits per heavy atom. The summed E-state index contributed by atoms with van der Waals surface area (Å²) in [7, 11) is 0. The summed E-state index contributed by atoms with van der Waals surface area (Å²) in [4.78, 5) is 57.6. The average molecular weight is 518 g/mol. The molecular weight excluding hydrogens is 480 g/mol. The van der Waals surface area contributed by atoms with Crippen LogP contribution >= 0.6 is 0 Å². The quantitative estimate of drug-likeness (QED) is 0.275. The van der Waals surface area contributed by atoms with Crippen molar-refractivity contribution in [1.29, 1.82) is 0 Å². The van der Waals surface area contributed by atoms with Crippen LogP contribution in [-0.2, 0) is 28.8 Å². The predicted octanol–water partition coefficient (Wildman–Crippen LogP) is 4.00. The second-order valence-electron chi connectivity index (χ2n) is 6.51. The van der Waals surface area contributed by atoms with Gasteiger partial charge in [0.2, 0.25) is 0 Å². The molecule has 6 N–H and O–H groups in total. The summed E-state index contributed by atoms with van der Waals surface area (Å²) in [5.41, 5.74) is 1.06. The highest BCUT2D eigenvalue weighted by Crippen LogP contribution is 1.83. The SMILES string of the molecule is C=C(C)C(=O)O.C=C(C)C(=O)O.C=C(C)C(=O)O.C=C(C)C(=O)O.C=C(C)C(=O)O.C=C(C)C(=O)O.[H+]. The smallest absolute Gasteiger partial charge is 0.478 e. The molecule has 0 bridgehead atoms. The number of carboxylic acids is 6. The van der Waals surface area contributed by atoms with Crippen LogP contribution in [0.4, 0.5) is 0 Å². The molecule has 204 valence electrons. The van der Waals surface area contributed by atoms with E-state index in [1.54, 1.807) is 0 Å². The first-order valence-electron chi connectivity index (χ1n) is 9.19. The highest BCUT2D eigenvalue weighted by Gasteiger charge is 1.92. The van der Waals surface area contributed by atoms with Crippen LogP contribution in [0.1, 0.15) is 43.0 Å². The number of hydrogen-bond donors (Lipinski definition) is 6. The van der Waals surface area contributed by atoms with Gasteiger partial charge in [0.15, 0.2) is 0 Å². The Labute approximate surface area is 211 Å². The van der Waals surface area contributed by atoms with Gasteiger partial charge < -0.3 is 30.6 Å². The molecule has 0 aliphatic carbocycles. The van der Waals surface area contributed by atoms with Gasteiger partial charge in [-0.3, -0.25) is 0 Å². The Morgan fingerprint density at radius 1 is 0.333 bits per heavy atom. The van der Waals surface area contributed by atoms with Gasteiger partial charge >= 0.3 is 37.2 Å². The molecule has 12 nitrogen and oxygen atoms in total. The van der Waals surface area contributed by atoms with Crippen molar-refractivity contribution in [2.24, 2.45) is 0 Å². The molecule has 36 heavy (non-hydrogen) atoms. The average Bonchev–Trinajstić information content (AvgIpc) is 2.69. The van der Waals surface area contributed by atoms with Gasteiger partial charge in [0.1, 0.15) is 0 Å². The Balaban J connectivity index is -0.0000000581. The van der Waals surface area contributed by atoms with Crippen molar-refractivity contribution in [3.63, 3.8) is 0 Å². The number of rotatable bonds is 6. The van der Waals surface area contributed by atoms with Crippen molar-refractivity contribution in [1.82, 2.24) is 0 Å². The summed E-state index contributed by atoms with van der Waals surface area (Å²) >= 11 is 0. The zero-order valence-electron chi connectivity index (χ0n) is 22.4. The molecule has 0 saturated heterocycles. The fraction of sp³-hybridized carbons (Fsp3) is 0.250. The molecule has 0 spiro atoms. The molecule has 0 aliphatic heterocycles. The van der Waals surface area contributed by atoms with E-state index >= 15 is 0 Å². The van der Waals surface area contributed by atoms with E-state index in [1.807, 2.05) is 0 Å². The first-order valence-corrected chi connectivity index (χ1v) is 9.19. The molecule has 0 aliphatic rings. The van der Waals surface area contributed by atoms with Gasteiger partial charge in [0, 0.05) is 33.4 Å². The van der Waals surface area contributed by atoms with Gasteiger partial charge in [-0.15, -0.1) is 0 Å². The first kappa shape index (κ1) is 44.9. The Morgan fingerprint density at radius 3 is 0.361 bits per heavy atom. The van der Waals surface area contributed by atoms with E-state index in [-0.39, 0.29) is 34.9 Å². The summed E-state index contributed by atoms with van der Waals surface area (Å²) in [5.74, 6) is -5.61. The van der Waals surface area contributed by atoms with E-state index in [9.17, 15) is 28.8 Å². The second kappa shape index (κ2) is 26.5. The summed E-state index contributed by atoms with van der Waals surface area (Å²) in [6.45, 7) is 27.6. The largest absolute Gasteiger partial charge is 1.00 e. The maximum absolute atomic E-state index is 9.60. The zero-order chi connectivity index (χ0) is 30.9. The minimum atomic E-state index is -0.935. The Bertz CT molecular complexity index is 622. The normalized spacial score (nSPS) is 7.50. The molecule has 12 heteroatoms. The van der Waals surface area contributed by atoms with Crippen LogP contribution in [0.3, 0.4) is 0 Å². The molecule has 0 unspecified atom stereocenters. The third-order valence-electron chi connectivity index (χ3n) is 2.19. The molecule has 0 heterocycles. The monoisotopic (exact) mass is 517 g/mol. The fourth-order valence-electron chi connectivity index (χ4n) is 0. The lowest BCUT2D eigenvalue weighted by molar-refractivity contribution is -0.133. The molecular formula is C24H37O12+. The lowest BCUT2D eigenvalue weighted by Gasteiger charge is -1.79. The third-order valence-corrected chi connectivity index (χ3v) is 2.19. The van der Waals surface area contributed by atoms with Gasteiger partial charge in [-0.1, -0.05) is 39.5 Å². The summed E-state index contributed by atoms with van der Waals surface area (Å²) < 4.78 is 0. The van der Waals surface area contributed by atoms with Crippen LogP contribution in [0.5, 0.6) is 0 Å². The molecule has 0 amide bonds. The number of carboxylic acid groups (broad SMARTS) is 6. The fourth-order valence-corrected chi connectivity index (χ4v) is 0. The van der Waals surface area contributed by atoms with Crippen molar-refractivity contribution in [3.05, 3.63) is 72.9 Å². The van der Waals surface area contributed by atoms with Gasteiger partial charge in [-0.25, -0.2) is 28.8 Å². The molecule has 0 fully saturated rings. The Hall–Kier alpha value is -4.74. The molecule has 0 aromatic rings. The van der Waals surface area contributed by atoms with Crippen LogP contribution < -0.4 is 0 Å². The molecule has 0 aromatic heterocycles.